The van der Waals surface area contributed by atoms with Crippen molar-refractivity contribution in [3.63, 3.8) is 0 Å². The standard InChI is InChI=1S/C17H18N4/c1-2-18-16-12-14(8-9-19-16)13-21-11-10-20-17(21)15-6-4-3-5-7-15/h3-12H,2,13H2,1H3,(H,18,19). The molecule has 0 fully saturated rings. The molecule has 0 radical (unpaired) electrons. The molecule has 106 valence electrons. The van der Waals surface area contributed by atoms with Crippen LogP contribution in [0.5, 0.6) is 0 Å². The number of aromatic nitrogens is 3. The number of imidazole rings is 1. The van der Waals surface area contributed by atoms with E-state index in [1.165, 1.54) is 5.56 Å². The molecule has 0 saturated heterocycles. The van der Waals surface area contributed by atoms with Crippen molar-refractivity contribution >= 4 is 5.82 Å². The van der Waals surface area contributed by atoms with Crippen LogP contribution in [0.3, 0.4) is 0 Å². The van der Waals surface area contributed by atoms with Gasteiger partial charge < -0.3 is 9.88 Å². The van der Waals surface area contributed by atoms with E-state index in [-0.39, 0.29) is 0 Å². The molecule has 0 saturated carbocycles. The van der Waals surface area contributed by atoms with Crippen LogP contribution < -0.4 is 5.32 Å². The summed E-state index contributed by atoms with van der Waals surface area (Å²) in [6.07, 6.45) is 5.69. The van der Waals surface area contributed by atoms with E-state index in [1.54, 1.807) is 0 Å². The van der Waals surface area contributed by atoms with Crippen molar-refractivity contribution < 1.29 is 0 Å². The molecule has 1 N–H and O–H groups in total. The third-order valence-corrected chi connectivity index (χ3v) is 3.28. The van der Waals surface area contributed by atoms with Gasteiger partial charge in [-0.3, -0.25) is 0 Å². The summed E-state index contributed by atoms with van der Waals surface area (Å²) in [5, 5.41) is 3.24. The smallest absolute Gasteiger partial charge is 0.140 e. The van der Waals surface area contributed by atoms with Gasteiger partial charge in [0.2, 0.25) is 0 Å². The van der Waals surface area contributed by atoms with E-state index in [4.69, 9.17) is 0 Å². The van der Waals surface area contributed by atoms with E-state index in [1.807, 2.05) is 42.9 Å². The molecule has 0 aliphatic heterocycles. The second kappa shape index (κ2) is 6.22. The number of benzene rings is 1. The van der Waals surface area contributed by atoms with E-state index in [0.29, 0.717) is 0 Å². The number of nitrogens with one attached hydrogen (secondary N) is 1. The maximum absolute atomic E-state index is 4.47. The zero-order chi connectivity index (χ0) is 14.5. The van der Waals surface area contributed by atoms with E-state index in [0.717, 1.165) is 30.3 Å². The van der Waals surface area contributed by atoms with Crippen LogP contribution in [0.15, 0.2) is 61.1 Å². The highest BCUT2D eigenvalue weighted by atomic mass is 15.1. The number of hydrogen-bond donors (Lipinski definition) is 1. The molecule has 0 unspecified atom stereocenters. The van der Waals surface area contributed by atoms with Crippen LogP contribution >= 0.6 is 0 Å². The Hall–Kier alpha value is -2.62. The van der Waals surface area contributed by atoms with Crippen LogP contribution in [0.4, 0.5) is 5.82 Å². The minimum atomic E-state index is 0.783. The Balaban J connectivity index is 1.86. The fourth-order valence-corrected chi connectivity index (χ4v) is 2.33. The zero-order valence-corrected chi connectivity index (χ0v) is 12.0. The molecule has 0 spiro atoms. The van der Waals surface area contributed by atoms with Gasteiger partial charge >= 0.3 is 0 Å². The second-order valence-corrected chi connectivity index (χ2v) is 4.82. The molecule has 3 aromatic rings. The van der Waals surface area contributed by atoms with Gasteiger partial charge in [0, 0.05) is 37.2 Å². The van der Waals surface area contributed by atoms with Crippen molar-refractivity contribution in [3.8, 4) is 11.4 Å². The first kappa shape index (κ1) is 13.4. The first-order valence-corrected chi connectivity index (χ1v) is 7.12. The van der Waals surface area contributed by atoms with Crippen molar-refractivity contribution in [2.75, 3.05) is 11.9 Å². The first-order valence-electron chi connectivity index (χ1n) is 7.12. The summed E-state index contributed by atoms with van der Waals surface area (Å²) in [5.41, 5.74) is 2.33. The average Bonchev–Trinajstić information content (AvgIpc) is 2.97. The van der Waals surface area contributed by atoms with E-state index in [2.05, 4.69) is 45.0 Å². The van der Waals surface area contributed by atoms with Crippen molar-refractivity contribution in [1.29, 1.82) is 0 Å². The highest BCUT2D eigenvalue weighted by molar-refractivity contribution is 5.55. The van der Waals surface area contributed by atoms with Gasteiger partial charge in [-0.2, -0.15) is 0 Å². The number of rotatable bonds is 5. The Labute approximate surface area is 124 Å². The van der Waals surface area contributed by atoms with Crippen molar-refractivity contribution in [2.45, 2.75) is 13.5 Å². The summed E-state index contributed by atoms with van der Waals surface area (Å²) in [6.45, 7) is 3.72. The van der Waals surface area contributed by atoms with Gasteiger partial charge in [0.25, 0.3) is 0 Å². The highest BCUT2D eigenvalue weighted by Crippen LogP contribution is 2.18. The molecule has 0 atom stereocenters. The summed E-state index contributed by atoms with van der Waals surface area (Å²) in [6, 6.07) is 14.4. The maximum Gasteiger partial charge on any atom is 0.140 e. The molecule has 0 amide bonds. The fourth-order valence-electron chi connectivity index (χ4n) is 2.33. The predicted octanol–water partition coefficient (Wildman–Crippen LogP) is 3.43. The Morgan fingerprint density at radius 2 is 1.90 bits per heavy atom. The lowest BCUT2D eigenvalue weighted by atomic mass is 10.2. The minimum Gasteiger partial charge on any atom is -0.370 e. The summed E-state index contributed by atoms with van der Waals surface area (Å²) in [7, 11) is 0. The lowest BCUT2D eigenvalue weighted by Crippen LogP contribution is -2.04. The van der Waals surface area contributed by atoms with Crippen LogP contribution in [0.1, 0.15) is 12.5 Å². The lowest BCUT2D eigenvalue weighted by Gasteiger charge is -2.09. The van der Waals surface area contributed by atoms with Crippen LogP contribution in [-0.4, -0.2) is 21.1 Å². The number of hydrogen-bond acceptors (Lipinski definition) is 3. The maximum atomic E-state index is 4.47. The van der Waals surface area contributed by atoms with E-state index >= 15 is 0 Å². The first-order chi connectivity index (χ1) is 10.4. The molecule has 0 aliphatic rings. The molecule has 0 bridgehead atoms. The fraction of sp³-hybridized carbons (Fsp3) is 0.176. The average molecular weight is 278 g/mol. The van der Waals surface area contributed by atoms with Gasteiger partial charge in [0.05, 0.1) is 0 Å². The SMILES string of the molecule is CCNc1cc(Cn2ccnc2-c2ccccc2)ccn1. The van der Waals surface area contributed by atoms with Crippen LogP contribution in [0.25, 0.3) is 11.4 Å². The van der Waals surface area contributed by atoms with Gasteiger partial charge in [-0.15, -0.1) is 0 Å². The van der Waals surface area contributed by atoms with Gasteiger partial charge in [-0.1, -0.05) is 30.3 Å². The molecule has 4 nitrogen and oxygen atoms in total. The third kappa shape index (κ3) is 3.11. The summed E-state index contributed by atoms with van der Waals surface area (Å²) in [5.74, 6) is 1.90. The van der Waals surface area contributed by atoms with Crippen LogP contribution in [0, 0.1) is 0 Å². The van der Waals surface area contributed by atoms with Crippen LogP contribution in [-0.2, 0) is 6.54 Å². The van der Waals surface area contributed by atoms with Gasteiger partial charge in [0.15, 0.2) is 0 Å². The molecule has 0 aliphatic carbocycles. The Bertz CT molecular complexity index is 704. The molecule has 2 aromatic heterocycles. The molecular weight excluding hydrogens is 260 g/mol. The minimum absolute atomic E-state index is 0.783. The largest absolute Gasteiger partial charge is 0.370 e. The monoisotopic (exact) mass is 278 g/mol. The Morgan fingerprint density at radius 1 is 1.05 bits per heavy atom. The quantitative estimate of drug-likeness (QED) is 0.777. The Kier molecular flexibility index (Phi) is 3.96. The molecule has 2 heterocycles. The normalized spacial score (nSPS) is 10.5. The predicted molar refractivity (Wildman–Crippen MR) is 85.2 cm³/mol. The number of nitrogens with zero attached hydrogens (tertiary/aromatic N) is 3. The van der Waals surface area contributed by atoms with E-state index in [9.17, 15) is 0 Å². The Morgan fingerprint density at radius 3 is 2.71 bits per heavy atom. The second-order valence-electron chi connectivity index (χ2n) is 4.82. The molecule has 21 heavy (non-hydrogen) atoms. The van der Waals surface area contributed by atoms with Gasteiger partial charge in [-0.25, -0.2) is 9.97 Å². The van der Waals surface area contributed by atoms with Crippen molar-refractivity contribution in [1.82, 2.24) is 14.5 Å². The van der Waals surface area contributed by atoms with E-state index < -0.39 is 0 Å². The molecule has 3 rings (SSSR count). The zero-order valence-electron chi connectivity index (χ0n) is 12.0. The van der Waals surface area contributed by atoms with Crippen LogP contribution in [0.2, 0.25) is 0 Å². The van der Waals surface area contributed by atoms with Gasteiger partial charge in [0.1, 0.15) is 11.6 Å². The summed E-state index contributed by atoms with van der Waals surface area (Å²) in [4.78, 5) is 8.78. The van der Waals surface area contributed by atoms with Gasteiger partial charge in [-0.05, 0) is 24.6 Å². The highest BCUT2D eigenvalue weighted by Gasteiger charge is 2.06. The number of pyridine rings is 1. The third-order valence-electron chi connectivity index (χ3n) is 3.28. The van der Waals surface area contributed by atoms with Crippen molar-refractivity contribution in [2.24, 2.45) is 0 Å². The van der Waals surface area contributed by atoms with Crippen molar-refractivity contribution in [3.05, 3.63) is 66.6 Å². The molecular formula is C17H18N4. The molecule has 4 heteroatoms. The summed E-state index contributed by atoms with van der Waals surface area (Å²) < 4.78 is 2.15. The topological polar surface area (TPSA) is 42.7 Å². The lowest BCUT2D eigenvalue weighted by molar-refractivity contribution is 0.805. The summed E-state index contributed by atoms with van der Waals surface area (Å²) >= 11 is 0. The molecule has 1 aromatic carbocycles. The number of anilines is 1.